The first kappa shape index (κ1) is 14.5. The number of amides is 1. The molecule has 6 nitrogen and oxygen atoms in total. The number of benzene rings is 1. The van der Waals surface area contributed by atoms with Gasteiger partial charge in [-0.3, -0.25) is 9.89 Å². The van der Waals surface area contributed by atoms with E-state index in [1.54, 1.807) is 19.4 Å². The van der Waals surface area contributed by atoms with Gasteiger partial charge in [0, 0.05) is 5.69 Å². The molecule has 1 aromatic heterocycles. The third-order valence-corrected chi connectivity index (χ3v) is 3.34. The van der Waals surface area contributed by atoms with E-state index in [0.717, 1.165) is 20.6 Å². The Morgan fingerprint density at radius 1 is 1.50 bits per heavy atom. The van der Waals surface area contributed by atoms with Crippen molar-refractivity contribution in [2.75, 3.05) is 7.11 Å². The Morgan fingerprint density at radius 3 is 2.90 bits per heavy atom. The summed E-state index contributed by atoms with van der Waals surface area (Å²) in [6.07, 6.45) is 1.57. The van der Waals surface area contributed by atoms with E-state index in [-0.39, 0.29) is 5.91 Å². The lowest BCUT2D eigenvalue weighted by atomic mass is 10.2. The normalized spacial score (nSPS) is 10.8. The van der Waals surface area contributed by atoms with Gasteiger partial charge < -0.3 is 4.74 Å². The van der Waals surface area contributed by atoms with Gasteiger partial charge in [0.2, 0.25) is 0 Å². The van der Waals surface area contributed by atoms with Gasteiger partial charge in [-0.05, 0) is 59.3 Å². The van der Waals surface area contributed by atoms with E-state index in [2.05, 4.69) is 43.3 Å². The fraction of sp³-hybridized carbons (Fsp3) is 0.154. The molecule has 104 valence electrons. The standard InChI is InChI=1S/C13H13IN4O2/c1-8-5-11(17-16-8)13(19)18-15-7-9-3-4-12(20-2)10(14)6-9/h3-7H,1-2H3,(H,16,17)(H,18,19)/b15-7-. The van der Waals surface area contributed by atoms with E-state index in [1.807, 2.05) is 25.1 Å². The fourth-order valence-electron chi connectivity index (χ4n) is 1.52. The van der Waals surface area contributed by atoms with Crippen LogP contribution in [-0.4, -0.2) is 29.4 Å². The highest BCUT2D eigenvalue weighted by Gasteiger charge is 2.07. The summed E-state index contributed by atoms with van der Waals surface area (Å²) in [6, 6.07) is 7.27. The van der Waals surface area contributed by atoms with E-state index < -0.39 is 0 Å². The molecule has 0 saturated carbocycles. The molecule has 0 atom stereocenters. The largest absolute Gasteiger partial charge is 0.496 e. The number of rotatable bonds is 4. The van der Waals surface area contributed by atoms with Crippen molar-refractivity contribution in [2.24, 2.45) is 5.10 Å². The summed E-state index contributed by atoms with van der Waals surface area (Å²) in [5, 5.41) is 10.5. The van der Waals surface area contributed by atoms with Gasteiger partial charge in [0.1, 0.15) is 5.75 Å². The van der Waals surface area contributed by atoms with Gasteiger partial charge >= 0.3 is 0 Å². The summed E-state index contributed by atoms with van der Waals surface area (Å²) in [5.74, 6) is 0.451. The predicted molar refractivity (Wildman–Crippen MR) is 84.1 cm³/mol. The maximum Gasteiger partial charge on any atom is 0.291 e. The lowest BCUT2D eigenvalue weighted by Gasteiger charge is -2.03. The zero-order valence-electron chi connectivity index (χ0n) is 11.0. The number of hydrazone groups is 1. The van der Waals surface area contributed by atoms with Gasteiger partial charge in [0.05, 0.1) is 16.9 Å². The van der Waals surface area contributed by atoms with Crippen molar-refractivity contribution in [3.05, 3.63) is 44.8 Å². The molecular weight excluding hydrogens is 371 g/mol. The highest BCUT2D eigenvalue weighted by Crippen LogP contribution is 2.20. The van der Waals surface area contributed by atoms with E-state index >= 15 is 0 Å². The van der Waals surface area contributed by atoms with Crippen LogP contribution in [0.15, 0.2) is 29.4 Å². The molecule has 0 bridgehead atoms. The molecule has 0 saturated heterocycles. The lowest BCUT2D eigenvalue weighted by Crippen LogP contribution is -2.18. The van der Waals surface area contributed by atoms with Crippen LogP contribution < -0.4 is 10.2 Å². The first-order chi connectivity index (χ1) is 9.60. The topological polar surface area (TPSA) is 79.4 Å². The van der Waals surface area contributed by atoms with E-state index in [0.29, 0.717) is 5.69 Å². The van der Waals surface area contributed by atoms with Crippen LogP contribution in [-0.2, 0) is 0 Å². The number of aromatic amines is 1. The van der Waals surface area contributed by atoms with E-state index in [1.165, 1.54) is 0 Å². The number of H-pyrrole nitrogens is 1. The smallest absolute Gasteiger partial charge is 0.291 e. The van der Waals surface area contributed by atoms with Crippen LogP contribution in [0.5, 0.6) is 5.75 Å². The van der Waals surface area contributed by atoms with Gasteiger partial charge in [-0.1, -0.05) is 0 Å². The van der Waals surface area contributed by atoms with Gasteiger partial charge in [-0.25, -0.2) is 5.43 Å². The maximum atomic E-state index is 11.7. The summed E-state index contributed by atoms with van der Waals surface area (Å²) in [6.45, 7) is 1.83. The quantitative estimate of drug-likeness (QED) is 0.482. The lowest BCUT2D eigenvalue weighted by molar-refractivity contribution is 0.0950. The number of hydrogen-bond acceptors (Lipinski definition) is 4. The van der Waals surface area contributed by atoms with Crippen molar-refractivity contribution in [1.82, 2.24) is 15.6 Å². The molecule has 0 fully saturated rings. The number of aromatic nitrogens is 2. The molecular formula is C13H13IN4O2. The second kappa shape index (κ2) is 6.51. The highest BCUT2D eigenvalue weighted by atomic mass is 127. The van der Waals surface area contributed by atoms with Gasteiger partial charge in [0.25, 0.3) is 5.91 Å². The van der Waals surface area contributed by atoms with Gasteiger partial charge in [-0.2, -0.15) is 10.2 Å². The number of halogens is 1. The van der Waals surface area contributed by atoms with Crippen LogP contribution in [0.25, 0.3) is 0 Å². The minimum atomic E-state index is -0.353. The summed E-state index contributed by atoms with van der Waals surface area (Å²) < 4.78 is 6.14. The van der Waals surface area contributed by atoms with E-state index in [4.69, 9.17) is 4.74 Å². The number of aryl methyl sites for hydroxylation is 1. The number of nitrogens with one attached hydrogen (secondary N) is 2. The molecule has 0 aliphatic heterocycles. The molecule has 2 rings (SSSR count). The highest BCUT2D eigenvalue weighted by molar-refractivity contribution is 14.1. The number of nitrogens with zero attached hydrogens (tertiary/aromatic N) is 2. The Balaban J connectivity index is 2.00. The Bertz CT molecular complexity index is 652. The maximum absolute atomic E-state index is 11.7. The third kappa shape index (κ3) is 3.56. The Hall–Kier alpha value is -1.90. The molecule has 0 radical (unpaired) electrons. The Labute approximate surface area is 129 Å². The van der Waals surface area contributed by atoms with Gasteiger partial charge in [-0.15, -0.1) is 0 Å². The molecule has 20 heavy (non-hydrogen) atoms. The van der Waals surface area contributed by atoms with Crippen LogP contribution in [0.4, 0.5) is 0 Å². The fourth-order valence-corrected chi connectivity index (χ4v) is 2.28. The number of carbonyl (C=O) groups is 1. The molecule has 0 unspecified atom stereocenters. The minimum absolute atomic E-state index is 0.309. The summed E-state index contributed by atoms with van der Waals surface area (Å²) in [4.78, 5) is 11.7. The average Bonchev–Trinajstić information content (AvgIpc) is 2.85. The number of hydrogen-bond donors (Lipinski definition) is 2. The van der Waals surface area contributed by atoms with Crippen molar-refractivity contribution >= 4 is 34.7 Å². The zero-order chi connectivity index (χ0) is 14.5. The van der Waals surface area contributed by atoms with Crippen molar-refractivity contribution in [3.8, 4) is 5.75 Å². The summed E-state index contributed by atoms with van der Waals surface area (Å²) in [5.41, 5.74) is 4.42. The first-order valence-corrected chi connectivity index (χ1v) is 6.87. The molecule has 2 aromatic rings. The second-order valence-electron chi connectivity index (χ2n) is 4.03. The number of carbonyl (C=O) groups excluding carboxylic acids is 1. The van der Waals surface area contributed by atoms with Crippen LogP contribution in [0.2, 0.25) is 0 Å². The first-order valence-electron chi connectivity index (χ1n) is 5.79. The number of methoxy groups -OCH3 is 1. The summed E-state index contributed by atoms with van der Waals surface area (Å²) in [7, 11) is 1.62. The van der Waals surface area contributed by atoms with Crippen molar-refractivity contribution < 1.29 is 9.53 Å². The molecule has 7 heteroatoms. The molecule has 1 heterocycles. The van der Waals surface area contributed by atoms with Crippen LogP contribution in [0.3, 0.4) is 0 Å². The Morgan fingerprint density at radius 2 is 2.30 bits per heavy atom. The molecule has 2 N–H and O–H groups in total. The predicted octanol–water partition coefficient (Wildman–Crippen LogP) is 2.10. The third-order valence-electron chi connectivity index (χ3n) is 2.49. The second-order valence-corrected chi connectivity index (χ2v) is 5.19. The van der Waals surface area contributed by atoms with Crippen LogP contribution >= 0.6 is 22.6 Å². The Kier molecular flexibility index (Phi) is 4.72. The van der Waals surface area contributed by atoms with Crippen molar-refractivity contribution in [2.45, 2.75) is 6.92 Å². The van der Waals surface area contributed by atoms with Crippen LogP contribution in [0, 0.1) is 10.5 Å². The minimum Gasteiger partial charge on any atom is -0.496 e. The average molecular weight is 384 g/mol. The SMILES string of the molecule is COc1ccc(/C=N\NC(=O)c2cc(C)[nH]n2)cc1I. The van der Waals surface area contributed by atoms with Crippen LogP contribution in [0.1, 0.15) is 21.7 Å². The molecule has 0 aliphatic rings. The monoisotopic (exact) mass is 384 g/mol. The summed E-state index contributed by atoms with van der Waals surface area (Å²) >= 11 is 2.18. The van der Waals surface area contributed by atoms with Crippen molar-refractivity contribution in [3.63, 3.8) is 0 Å². The number of ether oxygens (including phenoxy) is 1. The molecule has 1 amide bonds. The van der Waals surface area contributed by atoms with E-state index in [9.17, 15) is 4.79 Å². The zero-order valence-corrected chi connectivity index (χ0v) is 13.1. The molecule has 1 aromatic carbocycles. The molecule has 0 spiro atoms. The van der Waals surface area contributed by atoms with Gasteiger partial charge in [0.15, 0.2) is 5.69 Å². The van der Waals surface area contributed by atoms with Crippen molar-refractivity contribution in [1.29, 1.82) is 0 Å². The molecule has 0 aliphatic carbocycles.